The van der Waals surface area contributed by atoms with Gasteiger partial charge in [0.25, 0.3) is 10.1 Å². The third-order valence-corrected chi connectivity index (χ3v) is 8.20. The minimum Gasteiger partial charge on any atom is -0.399 e. The monoisotopic (exact) mass is 464 g/mol. The van der Waals surface area contributed by atoms with Crippen LogP contribution in [0, 0.1) is 0 Å². The first-order chi connectivity index (χ1) is 13.3. The molecule has 0 saturated heterocycles. The van der Waals surface area contributed by atoms with E-state index in [0.29, 0.717) is 0 Å². The SMILES string of the molecule is Nc1ccc(Nc2cccc(S(=O)(=O)CCO)c2)c(S(=O)(=O)CCS(=O)(=O)O)c1. The van der Waals surface area contributed by atoms with Crippen molar-refractivity contribution in [1.29, 1.82) is 0 Å². The highest BCUT2D eigenvalue weighted by molar-refractivity contribution is 7.93. The Bertz CT molecular complexity index is 1210. The highest BCUT2D eigenvalue weighted by Crippen LogP contribution is 2.29. The van der Waals surface area contributed by atoms with Gasteiger partial charge >= 0.3 is 0 Å². The lowest BCUT2D eigenvalue weighted by molar-refractivity contribution is 0.319. The Morgan fingerprint density at radius 2 is 1.55 bits per heavy atom. The molecule has 0 saturated carbocycles. The second-order valence-electron chi connectivity index (χ2n) is 6.06. The van der Waals surface area contributed by atoms with Gasteiger partial charge in [-0.05, 0) is 36.4 Å². The first-order valence-corrected chi connectivity index (χ1v) is 13.0. The van der Waals surface area contributed by atoms with Crippen LogP contribution < -0.4 is 11.1 Å². The fourth-order valence-corrected chi connectivity index (χ4v) is 6.16. The summed E-state index contributed by atoms with van der Waals surface area (Å²) < 4.78 is 80.0. The maximum atomic E-state index is 12.6. The van der Waals surface area contributed by atoms with Crippen LogP contribution in [0.1, 0.15) is 0 Å². The van der Waals surface area contributed by atoms with E-state index in [9.17, 15) is 25.3 Å². The first kappa shape index (κ1) is 23.1. The van der Waals surface area contributed by atoms with Crippen LogP contribution in [0.15, 0.2) is 52.3 Å². The number of aliphatic hydroxyl groups is 1. The molecule has 0 aliphatic carbocycles. The van der Waals surface area contributed by atoms with Crippen molar-refractivity contribution in [2.75, 3.05) is 34.9 Å². The third-order valence-electron chi connectivity index (χ3n) is 3.78. The summed E-state index contributed by atoms with van der Waals surface area (Å²) in [5.41, 5.74) is 6.06. The van der Waals surface area contributed by atoms with E-state index < -0.39 is 53.7 Å². The zero-order chi connectivity index (χ0) is 21.9. The average Bonchev–Trinajstić information content (AvgIpc) is 2.61. The second-order valence-corrected chi connectivity index (χ2v) is 11.8. The van der Waals surface area contributed by atoms with Crippen molar-refractivity contribution in [2.45, 2.75) is 9.79 Å². The number of benzene rings is 2. The molecule has 0 bridgehead atoms. The molecule has 29 heavy (non-hydrogen) atoms. The summed E-state index contributed by atoms with van der Waals surface area (Å²) in [7, 11) is -12.4. The van der Waals surface area contributed by atoms with Crippen LogP contribution in [0.5, 0.6) is 0 Å². The van der Waals surface area contributed by atoms with Crippen LogP contribution in [0.4, 0.5) is 17.1 Å². The van der Waals surface area contributed by atoms with Crippen molar-refractivity contribution < 1.29 is 34.9 Å². The molecule has 2 aromatic carbocycles. The number of rotatable bonds is 9. The van der Waals surface area contributed by atoms with Crippen molar-refractivity contribution in [2.24, 2.45) is 0 Å². The smallest absolute Gasteiger partial charge is 0.265 e. The van der Waals surface area contributed by atoms with Gasteiger partial charge in [0.2, 0.25) is 0 Å². The van der Waals surface area contributed by atoms with E-state index in [0.717, 1.165) is 6.07 Å². The summed E-state index contributed by atoms with van der Waals surface area (Å²) in [5.74, 6) is -2.32. The molecular weight excluding hydrogens is 444 g/mol. The van der Waals surface area contributed by atoms with Gasteiger partial charge in [-0.25, -0.2) is 16.8 Å². The molecule has 0 aromatic heterocycles. The van der Waals surface area contributed by atoms with Gasteiger partial charge in [0, 0.05) is 11.4 Å². The molecule has 160 valence electrons. The standard InChI is InChI=1S/C16H20N2O8S3/c17-12-4-5-15(16(10-12)28(22,23)8-9-29(24,25)26)18-13-2-1-3-14(11-13)27(20,21)7-6-19/h1-5,10-11,18-19H,6-9,17H2,(H,24,25,26). The molecule has 2 rings (SSSR count). The molecule has 10 nitrogen and oxygen atoms in total. The van der Waals surface area contributed by atoms with Crippen molar-refractivity contribution in [3.63, 3.8) is 0 Å². The lowest BCUT2D eigenvalue weighted by atomic mass is 10.2. The molecule has 5 N–H and O–H groups in total. The minimum atomic E-state index is -4.49. The molecule has 0 amide bonds. The van der Waals surface area contributed by atoms with Crippen LogP contribution in [-0.2, 0) is 29.8 Å². The Morgan fingerprint density at radius 1 is 0.862 bits per heavy atom. The Labute approximate surface area is 169 Å². The fourth-order valence-electron chi connectivity index (χ4n) is 2.39. The van der Waals surface area contributed by atoms with Crippen LogP contribution in [0.2, 0.25) is 0 Å². The second kappa shape index (κ2) is 8.67. The Kier molecular flexibility index (Phi) is 6.90. The summed E-state index contributed by atoms with van der Waals surface area (Å²) in [6.45, 7) is -0.548. The van der Waals surface area contributed by atoms with E-state index in [1.54, 1.807) is 0 Å². The Hall–Kier alpha value is -2.19. The average molecular weight is 465 g/mol. The van der Waals surface area contributed by atoms with E-state index in [2.05, 4.69) is 5.32 Å². The molecule has 0 radical (unpaired) electrons. The molecule has 0 atom stereocenters. The van der Waals surface area contributed by atoms with Crippen molar-refractivity contribution >= 4 is 46.9 Å². The Balaban J connectivity index is 2.43. The number of nitrogens with one attached hydrogen (secondary N) is 1. The van der Waals surface area contributed by atoms with Crippen molar-refractivity contribution in [3.8, 4) is 0 Å². The van der Waals surface area contributed by atoms with Crippen LogP contribution in [-0.4, -0.2) is 58.8 Å². The topological polar surface area (TPSA) is 181 Å². The lowest BCUT2D eigenvalue weighted by Gasteiger charge is -2.14. The molecular formula is C16H20N2O8S3. The number of hydrogen-bond acceptors (Lipinski definition) is 9. The first-order valence-electron chi connectivity index (χ1n) is 8.12. The molecule has 0 aliphatic heterocycles. The largest absolute Gasteiger partial charge is 0.399 e. The van der Waals surface area contributed by atoms with Gasteiger partial charge in [-0.2, -0.15) is 8.42 Å². The van der Waals surface area contributed by atoms with Gasteiger partial charge in [0.05, 0.1) is 39.3 Å². The van der Waals surface area contributed by atoms with Gasteiger partial charge < -0.3 is 16.2 Å². The van der Waals surface area contributed by atoms with Crippen molar-refractivity contribution in [3.05, 3.63) is 42.5 Å². The molecule has 0 unspecified atom stereocenters. The van der Waals surface area contributed by atoms with Gasteiger partial charge in [0.1, 0.15) is 0 Å². The number of nitrogens with two attached hydrogens (primary N) is 1. The highest BCUT2D eigenvalue weighted by Gasteiger charge is 2.22. The van der Waals surface area contributed by atoms with E-state index in [1.807, 2.05) is 0 Å². The molecule has 2 aromatic rings. The summed E-state index contributed by atoms with van der Waals surface area (Å²) >= 11 is 0. The van der Waals surface area contributed by atoms with Gasteiger partial charge in [-0.1, -0.05) is 6.07 Å². The summed E-state index contributed by atoms with van der Waals surface area (Å²) in [5, 5.41) is 11.7. The predicted molar refractivity (Wildman–Crippen MR) is 108 cm³/mol. The predicted octanol–water partition coefficient (Wildman–Crippen LogP) is 0.440. The van der Waals surface area contributed by atoms with E-state index >= 15 is 0 Å². The van der Waals surface area contributed by atoms with Gasteiger partial charge in [-0.3, -0.25) is 4.55 Å². The van der Waals surface area contributed by atoms with E-state index in [1.165, 1.54) is 36.4 Å². The molecule has 0 fully saturated rings. The number of hydrogen-bond donors (Lipinski definition) is 4. The molecule has 0 aliphatic rings. The fraction of sp³-hybridized carbons (Fsp3) is 0.250. The summed E-state index contributed by atoms with van der Waals surface area (Å²) in [4.78, 5) is -0.368. The highest BCUT2D eigenvalue weighted by atomic mass is 32.2. The number of aliphatic hydroxyl groups excluding tert-OH is 1. The zero-order valence-corrected chi connectivity index (χ0v) is 17.5. The van der Waals surface area contributed by atoms with Crippen LogP contribution >= 0.6 is 0 Å². The normalized spacial score (nSPS) is 12.6. The van der Waals surface area contributed by atoms with Crippen molar-refractivity contribution in [1.82, 2.24) is 0 Å². The quantitative estimate of drug-likeness (QED) is 0.300. The van der Waals surface area contributed by atoms with Crippen LogP contribution in [0.3, 0.4) is 0 Å². The minimum absolute atomic E-state index is 0.0474. The molecule has 13 heteroatoms. The Morgan fingerprint density at radius 3 is 2.17 bits per heavy atom. The summed E-state index contributed by atoms with van der Waals surface area (Å²) in [6.07, 6.45) is 0. The number of sulfone groups is 2. The van der Waals surface area contributed by atoms with E-state index in [-0.39, 0.29) is 26.9 Å². The zero-order valence-electron chi connectivity index (χ0n) is 15.0. The molecule has 0 heterocycles. The summed E-state index contributed by atoms with van der Waals surface area (Å²) in [6, 6.07) is 9.45. The third kappa shape index (κ3) is 6.40. The molecule has 0 spiro atoms. The lowest BCUT2D eigenvalue weighted by Crippen LogP contribution is -2.18. The maximum absolute atomic E-state index is 12.6. The van der Waals surface area contributed by atoms with Gasteiger partial charge in [-0.15, -0.1) is 0 Å². The van der Waals surface area contributed by atoms with Crippen LogP contribution in [0.25, 0.3) is 0 Å². The maximum Gasteiger partial charge on any atom is 0.265 e. The van der Waals surface area contributed by atoms with E-state index in [4.69, 9.17) is 15.4 Å². The number of nitrogen functional groups attached to an aromatic ring is 1. The number of anilines is 3. The van der Waals surface area contributed by atoms with Gasteiger partial charge in [0.15, 0.2) is 19.7 Å².